The van der Waals surface area contributed by atoms with Gasteiger partial charge in [-0.2, -0.15) is 0 Å². The van der Waals surface area contributed by atoms with E-state index >= 15 is 0 Å². The summed E-state index contributed by atoms with van der Waals surface area (Å²) in [6, 6.07) is 0. The van der Waals surface area contributed by atoms with Crippen LogP contribution in [0.15, 0.2) is 24.8 Å². The van der Waals surface area contributed by atoms with Gasteiger partial charge in [0, 0.05) is 51.3 Å². The number of carbonyl (C=O) groups excluding carboxylic acids is 1. The van der Waals surface area contributed by atoms with Gasteiger partial charge in [-0.05, 0) is 19.8 Å². The number of nitrogens with zero attached hydrogens (tertiary/aromatic N) is 5. The largest absolute Gasteiger partial charge is 0.383 e. The van der Waals surface area contributed by atoms with Gasteiger partial charge in [0.2, 0.25) is 0 Å². The molecule has 0 bridgehead atoms. The lowest BCUT2D eigenvalue weighted by atomic mass is 9.97. The van der Waals surface area contributed by atoms with Crippen LogP contribution in [0.4, 0.5) is 0 Å². The molecule has 1 fully saturated rings. The van der Waals surface area contributed by atoms with Gasteiger partial charge in [-0.15, -0.1) is 0 Å². The van der Waals surface area contributed by atoms with Crippen LogP contribution in [0.1, 0.15) is 40.8 Å². The Morgan fingerprint density at radius 1 is 1.33 bits per heavy atom. The van der Waals surface area contributed by atoms with E-state index in [2.05, 4.69) is 19.5 Å². The Labute approximate surface area is 141 Å². The average molecular weight is 329 g/mol. The number of methoxy groups -OCH3 is 1. The van der Waals surface area contributed by atoms with E-state index in [9.17, 15) is 4.79 Å². The van der Waals surface area contributed by atoms with Crippen molar-refractivity contribution in [1.29, 1.82) is 0 Å². The molecular weight excluding hydrogens is 306 g/mol. The van der Waals surface area contributed by atoms with Crippen molar-refractivity contribution < 1.29 is 9.53 Å². The molecule has 7 nitrogen and oxygen atoms in total. The minimum absolute atomic E-state index is 0.0535. The Balaban J connectivity index is 1.71. The number of likely N-dealkylation sites (tertiary alicyclic amines) is 1. The van der Waals surface area contributed by atoms with E-state index in [0.29, 0.717) is 18.8 Å². The molecule has 2 aromatic heterocycles. The van der Waals surface area contributed by atoms with Crippen molar-refractivity contribution in [3.05, 3.63) is 42.0 Å². The highest BCUT2D eigenvalue weighted by Gasteiger charge is 2.28. The van der Waals surface area contributed by atoms with Crippen molar-refractivity contribution in [2.45, 2.75) is 32.2 Å². The molecule has 3 heterocycles. The lowest BCUT2D eigenvalue weighted by Gasteiger charge is -2.32. The first-order chi connectivity index (χ1) is 11.7. The first-order valence-electron chi connectivity index (χ1n) is 8.27. The Kier molecular flexibility index (Phi) is 5.20. The molecule has 1 aliphatic rings. The van der Waals surface area contributed by atoms with E-state index in [4.69, 9.17) is 4.74 Å². The van der Waals surface area contributed by atoms with Gasteiger partial charge in [-0.25, -0.2) is 9.97 Å². The number of ether oxygens (including phenoxy) is 1. The number of rotatable bonds is 5. The molecule has 3 rings (SSSR count). The van der Waals surface area contributed by atoms with E-state index in [-0.39, 0.29) is 11.8 Å². The predicted molar refractivity (Wildman–Crippen MR) is 88.8 cm³/mol. The van der Waals surface area contributed by atoms with Crippen LogP contribution < -0.4 is 0 Å². The minimum Gasteiger partial charge on any atom is -0.383 e. The molecule has 0 radical (unpaired) electrons. The van der Waals surface area contributed by atoms with Gasteiger partial charge in [-0.1, -0.05) is 0 Å². The monoisotopic (exact) mass is 329 g/mol. The number of aromatic nitrogens is 4. The van der Waals surface area contributed by atoms with E-state index in [0.717, 1.165) is 37.4 Å². The van der Waals surface area contributed by atoms with Crippen molar-refractivity contribution in [2.24, 2.45) is 0 Å². The first kappa shape index (κ1) is 16.6. The van der Waals surface area contributed by atoms with Crippen LogP contribution in [0.3, 0.4) is 0 Å². The lowest BCUT2D eigenvalue weighted by molar-refractivity contribution is 0.0696. The summed E-state index contributed by atoms with van der Waals surface area (Å²) in [6.45, 7) is 4.71. The molecule has 1 aliphatic heterocycles. The van der Waals surface area contributed by atoms with Crippen LogP contribution in [0.5, 0.6) is 0 Å². The molecule has 24 heavy (non-hydrogen) atoms. The van der Waals surface area contributed by atoms with Crippen LogP contribution in [-0.4, -0.2) is 57.1 Å². The number of hydrogen-bond donors (Lipinski definition) is 0. The third-order valence-electron chi connectivity index (χ3n) is 4.36. The fourth-order valence-corrected chi connectivity index (χ4v) is 3.10. The molecule has 1 unspecified atom stereocenters. The third kappa shape index (κ3) is 3.62. The summed E-state index contributed by atoms with van der Waals surface area (Å²) in [7, 11) is 1.69. The summed E-state index contributed by atoms with van der Waals surface area (Å²) >= 11 is 0. The molecule has 1 amide bonds. The van der Waals surface area contributed by atoms with Crippen molar-refractivity contribution in [3.63, 3.8) is 0 Å². The molecule has 128 valence electrons. The number of piperidine rings is 1. The highest BCUT2D eigenvalue weighted by Crippen LogP contribution is 2.26. The summed E-state index contributed by atoms with van der Waals surface area (Å²) in [6.07, 6.45) is 8.98. The summed E-state index contributed by atoms with van der Waals surface area (Å²) in [5.74, 6) is 1.22. The molecule has 1 atom stereocenters. The molecule has 7 heteroatoms. The van der Waals surface area contributed by atoms with E-state index in [1.165, 1.54) is 0 Å². The molecule has 0 spiro atoms. The van der Waals surface area contributed by atoms with Gasteiger partial charge in [0.15, 0.2) is 0 Å². The number of imidazole rings is 1. The minimum atomic E-state index is -0.0535. The second-order valence-corrected chi connectivity index (χ2v) is 6.10. The van der Waals surface area contributed by atoms with Crippen LogP contribution in [0.2, 0.25) is 0 Å². The fraction of sp³-hybridized carbons (Fsp3) is 0.529. The summed E-state index contributed by atoms with van der Waals surface area (Å²) < 4.78 is 7.27. The molecule has 0 aliphatic carbocycles. The molecule has 0 saturated carbocycles. The average Bonchev–Trinajstić information content (AvgIpc) is 3.08. The number of carbonyl (C=O) groups is 1. The van der Waals surface area contributed by atoms with E-state index < -0.39 is 0 Å². The van der Waals surface area contributed by atoms with Gasteiger partial charge in [0.1, 0.15) is 11.5 Å². The summed E-state index contributed by atoms with van der Waals surface area (Å²) in [4.78, 5) is 27.4. The Hall–Kier alpha value is -2.28. The topological polar surface area (TPSA) is 73.1 Å². The predicted octanol–water partition coefficient (Wildman–Crippen LogP) is 1.65. The van der Waals surface area contributed by atoms with Crippen LogP contribution in [-0.2, 0) is 11.3 Å². The van der Waals surface area contributed by atoms with Crippen molar-refractivity contribution in [1.82, 2.24) is 24.4 Å². The normalized spacial score (nSPS) is 17.9. The summed E-state index contributed by atoms with van der Waals surface area (Å²) in [5.41, 5.74) is 1.22. The molecule has 2 aromatic rings. The number of hydrogen-bond acceptors (Lipinski definition) is 5. The highest BCUT2D eigenvalue weighted by molar-refractivity contribution is 5.92. The second-order valence-electron chi connectivity index (χ2n) is 6.10. The van der Waals surface area contributed by atoms with Crippen molar-refractivity contribution in [2.75, 3.05) is 26.8 Å². The Morgan fingerprint density at radius 2 is 2.21 bits per heavy atom. The van der Waals surface area contributed by atoms with E-state index in [1.54, 1.807) is 19.5 Å². The summed E-state index contributed by atoms with van der Waals surface area (Å²) in [5, 5.41) is 0. The fourth-order valence-electron chi connectivity index (χ4n) is 3.10. The third-order valence-corrected chi connectivity index (χ3v) is 4.36. The number of amides is 1. The zero-order chi connectivity index (χ0) is 16.9. The van der Waals surface area contributed by atoms with Gasteiger partial charge in [-0.3, -0.25) is 9.78 Å². The van der Waals surface area contributed by atoms with Gasteiger partial charge in [0.25, 0.3) is 5.91 Å². The Morgan fingerprint density at radius 3 is 2.96 bits per heavy atom. The maximum atomic E-state index is 12.7. The van der Waals surface area contributed by atoms with Crippen LogP contribution in [0.25, 0.3) is 0 Å². The smallest absolute Gasteiger partial charge is 0.274 e. The maximum absolute atomic E-state index is 12.7. The number of aryl methyl sites for hydroxylation is 1. The van der Waals surface area contributed by atoms with Crippen LogP contribution in [0, 0.1) is 6.92 Å². The molecular formula is C17H23N5O2. The van der Waals surface area contributed by atoms with Crippen molar-refractivity contribution >= 4 is 5.91 Å². The SMILES string of the molecule is COCCn1ccnc1C1CCCN(C(=O)c2cnc(C)cn2)C1. The highest BCUT2D eigenvalue weighted by atomic mass is 16.5. The lowest BCUT2D eigenvalue weighted by Crippen LogP contribution is -2.40. The molecule has 0 aromatic carbocycles. The van der Waals surface area contributed by atoms with Gasteiger partial charge >= 0.3 is 0 Å². The zero-order valence-electron chi connectivity index (χ0n) is 14.2. The second kappa shape index (κ2) is 7.53. The molecule has 1 saturated heterocycles. The van der Waals surface area contributed by atoms with E-state index in [1.807, 2.05) is 24.2 Å². The van der Waals surface area contributed by atoms with Crippen LogP contribution >= 0.6 is 0 Å². The molecule has 0 N–H and O–H groups in total. The maximum Gasteiger partial charge on any atom is 0.274 e. The zero-order valence-corrected chi connectivity index (χ0v) is 14.2. The van der Waals surface area contributed by atoms with Gasteiger partial charge in [0.05, 0.1) is 18.5 Å². The Bertz CT molecular complexity index is 683. The van der Waals surface area contributed by atoms with Crippen molar-refractivity contribution in [3.8, 4) is 0 Å². The first-order valence-corrected chi connectivity index (χ1v) is 8.27. The quantitative estimate of drug-likeness (QED) is 0.834. The standard InChI is InChI=1S/C17H23N5O2/c1-13-10-20-15(11-19-13)17(23)22-6-3-4-14(12-22)16-18-5-7-21(16)8-9-24-2/h5,7,10-11,14H,3-4,6,8-9,12H2,1-2H3. The van der Waals surface area contributed by atoms with Gasteiger partial charge < -0.3 is 14.2 Å².